The van der Waals surface area contributed by atoms with Crippen LogP contribution >= 0.6 is 11.6 Å². The number of carbonyl (C=O) groups is 1. The first-order valence-electron chi connectivity index (χ1n) is 8.70. The van der Waals surface area contributed by atoms with Crippen LogP contribution in [-0.2, 0) is 4.79 Å². The highest BCUT2D eigenvalue weighted by atomic mass is 35.5. The Morgan fingerprint density at radius 3 is 2.50 bits per heavy atom. The van der Waals surface area contributed by atoms with Gasteiger partial charge in [-0.15, -0.1) is 0 Å². The van der Waals surface area contributed by atoms with Crippen molar-refractivity contribution in [1.82, 2.24) is 4.98 Å². The zero-order valence-electron chi connectivity index (χ0n) is 14.9. The Kier molecular flexibility index (Phi) is 4.29. The van der Waals surface area contributed by atoms with Crippen molar-refractivity contribution in [1.29, 1.82) is 0 Å². The van der Waals surface area contributed by atoms with Crippen molar-refractivity contribution in [2.24, 2.45) is 0 Å². The van der Waals surface area contributed by atoms with Crippen LogP contribution in [-0.4, -0.2) is 30.5 Å². The monoisotopic (exact) mass is 365 g/mol. The first-order valence-corrected chi connectivity index (χ1v) is 9.08. The predicted molar refractivity (Wildman–Crippen MR) is 107 cm³/mol. The summed E-state index contributed by atoms with van der Waals surface area (Å²) in [6, 6.07) is 15.9. The molecule has 1 aliphatic heterocycles. The molecule has 2 heterocycles. The van der Waals surface area contributed by atoms with Crippen molar-refractivity contribution in [3.63, 3.8) is 0 Å². The van der Waals surface area contributed by atoms with Gasteiger partial charge in [0, 0.05) is 24.2 Å². The molecule has 1 saturated heterocycles. The van der Waals surface area contributed by atoms with E-state index in [-0.39, 0.29) is 5.91 Å². The third-order valence-electron chi connectivity index (χ3n) is 4.72. The Balaban J connectivity index is 1.59. The number of aryl methyl sites for hydroxylation is 2. The highest BCUT2D eigenvalue weighted by Crippen LogP contribution is 2.26. The summed E-state index contributed by atoms with van der Waals surface area (Å²) in [6.45, 7) is 5.81. The van der Waals surface area contributed by atoms with Gasteiger partial charge in [-0.2, -0.15) is 0 Å². The van der Waals surface area contributed by atoms with Crippen LogP contribution in [0.4, 0.5) is 11.5 Å². The van der Waals surface area contributed by atoms with Crippen molar-refractivity contribution < 1.29 is 4.79 Å². The van der Waals surface area contributed by atoms with Crippen LogP contribution in [0.15, 0.2) is 48.5 Å². The number of anilines is 2. The molecule has 26 heavy (non-hydrogen) atoms. The third kappa shape index (κ3) is 3.13. The second kappa shape index (κ2) is 6.61. The molecule has 132 valence electrons. The number of aromatic nitrogens is 1. The lowest BCUT2D eigenvalue weighted by Crippen LogP contribution is -2.51. The number of hydrogen-bond acceptors (Lipinski definition) is 3. The topological polar surface area (TPSA) is 36.4 Å². The van der Waals surface area contributed by atoms with E-state index in [4.69, 9.17) is 11.6 Å². The Bertz CT molecular complexity index is 981. The minimum atomic E-state index is 0.0855. The summed E-state index contributed by atoms with van der Waals surface area (Å²) >= 11 is 6.27. The summed E-state index contributed by atoms with van der Waals surface area (Å²) in [4.78, 5) is 21.3. The molecule has 0 radical (unpaired) electrons. The largest absolute Gasteiger partial charge is 0.345 e. The second-order valence-corrected chi connectivity index (χ2v) is 7.20. The molecule has 0 saturated carbocycles. The lowest BCUT2D eigenvalue weighted by Gasteiger charge is -2.35. The average Bonchev–Trinajstić information content (AvgIpc) is 2.61. The number of pyridine rings is 1. The number of halogens is 1. The maximum atomic E-state index is 12.8. The van der Waals surface area contributed by atoms with Gasteiger partial charge in [-0.3, -0.25) is 4.79 Å². The minimum absolute atomic E-state index is 0.0855. The molecule has 0 N–H and O–H groups in total. The van der Waals surface area contributed by atoms with Gasteiger partial charge in [0.2, 0.25) is 5.91 Å². The fraction of sp³-hybridized carbons (Fsp3) is 0.238. The van der Waals surface area contributed by atoms with Crippen LogP contribution in [0, 0.1) is 13.8 Å². The van der Waals surface area contributed by atoms with Crippen molar-refractivity contribution in [3.05, 3.63) is 64.7 Å². The first kappa shape index (κ1) is 16.9. The van der Waals surface area contributed by atoms with E-state index in [0.29, 0.717) is 18.1 Å². The number of amides is 1. The Morgan fingerprint density at radius 2 is 1.77 bits per heavy atom. The van der Waals surface area contributed by atoms with Crippen LogP contribution < -0.4 is 9.80 Å². The number of carbonyl (C=O) groups excluding carboxylic acids is 1. The molecular weight excluding hydrogens is 346 g/mol. The summed E-state index contributed by atoms with van der Waals surface area (Å²) in [5.74, 6) is 0.876. The van der Waals surface area contributed by atoms with E-state index in [1.807, 2.05) is 40.1 Å². The number of rotatable bonds is 2. The Hall–Kier alpha value is -2.59. The number of fused-ring (bicyclic) bond motifs is 1. The molecular formula is C21H20ClN3O. The van der Waals surface area contributed by atoms with Gasteiger partial charge in [0.1, 0.15) is 5.82 Å². The molecule has 3 aromatic rings. The number of nitrogens with zero attached hydrogens (tertiary/aromatic N) is 3. The van der Waals surface area contributed by atoms with Gasteiger partial charge < -0.3 is 9.80 Å². The zero-order valence-corrected chi connectivity index (χ0v) is 15.6. The molecule has 0 unspecified atom stereocenters. The number of hydrogen-bond donors (Lipinski definition) is 0. The van der Waals surface area contributed by atoms with Gasteiger partial charge in [-0.05, 0) is 55.3 Å². The average molecular weight is 366 g/mol. The van der Waals surface area contributed by atoms with Crippen molar-refractivity contribution in [2.45, 2.75) is 13.8 Å². The lowest BCUT2D eigenvalue weighted by molar-refractivity contribution is -0.117. The lowest BCUT2D eigenvalue weighted by atomic mass is 10.1. The maximum Gasteiger partial charge on any atom is 0.246 e. The van der Waals surface area contributed by atoms with E-state index in [2.05, 4.69) is 37.0 Å². The summed E-state index contributed by atoms with van der Waals surface area (Å²) in [5.41, 5.74) is 4.08. The molecule has 0 atom stereocenters. The predicted octanol–water partition coefficient (Wildman–Crippen LogP) is 4.36. The SMILES string of the molecule is Cc1cc(C)cc(N2CCN(c3ccc4cccc(Cl)c4n3)CC2=O)c1. The summed E-state index contributed by atoms with van der Waals surface area (Å²) in [5, 5.41) is 1.63. The van der Waals surface area contributed by atoms with Gasteiger partial charge in [0.15, 0.2) is 0 Å². The minimum Gasteiger partial charge on any atom is -0.345 e. The van der Waals surface area contributed by atoms with Crippen LogP contribution in [0.2, 0.25) is 5.02 Å². The van der Waals surface area contributed by atoms with Crippen molar-refractivity contribution >= 4 is 39.9 Å². The molecule has 0 spiro atoms. The Labute approximate surface area is 158 Å². The Morgan fingerprint density at radius 1 is 1.00 bits per heavy atom. The fourth-order valence-corrected chi connectivity index (χ4v) is 3.75. The molecule has 1 fully saturated rings. The molecule has 0 aliphatic carbocycles. The van der Waals surface area contributed by atoms with Gasteiger partial charge in [0.05, 0.1) is 17.1 Å². The summed E-state index contributed by atoms with van der Waals surface area (Å²) in [7, 11) is 0. The van der Waals surface area contributed by atoms with E-state index < -0.39 is 0 Å². The smallest absolute Gasteiger partial charge is 0.246 e. The highest BCUT2D eigenvalue weighted by Gasteiger charge is 2.26. The number of para-hydroxylation sites is 1. The molecule has 5 heteroatoms. The second-order valence-electron chi connectivity index (χ2n) is 6.79. The van der Waals surface area contributed by atoms with Gasteiger partial charge in [-0.25, -0.2) is 4.98 Å². The highest BCUT2D eigenvalue weighted by molar-refractivity contribution is 6.35. The first-order chi connectivity index (χ1) is 12.5. The van der Waals surface area contributed by atoms with E-state index in [0.717, 1.165) is 29.0 Å². The molecule has 1 amide bonds. The van der Waals surface area contributed by atoms with Crippen molar-refractivity contribution in [3.8, 4) is 0 Å². The molecule has 1 aliphatic rings. The van der Waals surface area contributed by atoms with Gasteiger partial charge in [0.25, 0.3) is 0 Å². The molecule has 1 aromatic heterocycles. The van der Waals surface area contributed by atoms with E-state index in [1.54, 1.807) is 0 Å². The van der Waals surface area contributed by atoms with Gasteiger partial charge >= 0.3 is 0 Å². The van der Waals surface area contributed by atoms with Crippen molar-refractivity contribution in [2.75, 3.05) is 29.4 Å². The fourth-order valence-electron chi connectivity index (χ4n) is 3.52. The number of piperazine rings is 1. The summed E-state index contributed by atoms with van der Waals surface area (Å²) < 4.78 is 0. The molecule has 4 nitrogen and oxygen atoms in total. The van der Waals surface area contributed by atoms with Gasteiger partial charge in [-0.1, -0.05) is 29.8 Å². The quantitative estimate of drug-likeness (QED) is 0.677. The molecule has 4 rings (SSSR count). The zero-order chi connectivity index (χ0) is 18.3. The van der Waals surface area contributed by atoms with Crippen LogP contribution in [0.25, 0.3) is 10.9 Å². The summed E-state index contributed by atoms with van der Waals surface area (Å²) in [6.07, 6.45) is 0. The molecule has 2 aromatic carbocycles. The standard InChI is InChI=1S/C21H20ClN3O/c1-14-10-15(2)12-17(11-14)25-9-8-24(13-20(25)26)19-7-6-16-4-3-5-18(22)21(16)23-19/h3-7,10-12H,8-9,13H2,1-2H3. The van der Waals surface area contributed by atoms with E-state index in [9.17, 15) is 4.79 Å². The molecule has 0 bridgehead atoms. The van der Waals surface area contributed by atoms with E-state index in [1.165, 1.54) is 11.1 Å². The van der Waals surface area contributed by atoms with Crippen LogP contribution in [0.1, 0.15) is 11.1 Å². The maximum absolute atomic E-state index is 12.8. The third-order valence-corrected chi connectivity index (χ3v) is 5.02. The number of benzene rings is 2. The van der Waals surface area contributed by atoms with Crippen LogP contribution in [0.3, 0.4) is 0 Å². The normalized spacial score (nSPS) is 15.0. The van der Waals surface area contributed by atoms with Crippen LogP contribution in [0.5, 0.6) is 0 Å². The van der Waals surface area contributed by atoms with E-state index >= 15 is 0 Å².